The number of carboxylic acid groups (broad SMARTS) is 1. The van der Waals surface area contributed by atoms with Crippen molar-refractivity contribution in [2.75, 3.05) is 13.6 Å². The number of alkyl halides is 3. The molecule has 2 aliphatic rings. The first-order valence-electron chi connectivity index (χ1n) is 12.3. The summed E-state index contributed by atoms with van der Waals surface area (Å²) in [6.45, 7) is -0.758. The van der Waals surface area contributed by atoms with Crippen molar-refractivity contribution < 1.29 is 37.3 Å². The van der Waals surface area contributed by atoms with Gasteiger partial charge >= 0.3 is 18.2 Å². The molecule has 2 aromatic heterocycles. The number of amides is 1. The quantitative estimate of drug-likeness (QED) is 0.515. The van der Waals surface area contributed by atoms with E-state index in [4.69, 9.17) is 14.5 Å². The van der Waals surface area contributed by atoms with Crippen LogP contribution < -0.4 is 4.74 Å². The normalized spacial score (nSPS) is 19.9. The highest BCUT2D eigenvalue weighted by atomic mass is 19.4. The summed E-state index contributed by atoms with van der Waals surface area (Å²) in [5.41, 5.74) is 2.11. The standard InChI is InChI=1S/C24H30F3N5O5/c1-31(11-10-24(25,26)27)23(35)36-13-18-21(29-30-32(18)2)17-8-9-19(20(28-17)14-6-7-14)37-16-5-3-4-15(12-16)22(33)34/h8-9,14-16H,3-7,10-13H2,1-2H3,(H,33,34)/t15-,16-/m0/s1. The van der Waals surface area contributed by atoms with Gasteiger partial charge < -0.3 is 19.5 Å². The summed E-state index contributed by atoms with van der Waals surface area (Å²) in [4.78, 5) is 29.3. The summed E-state index contributed by atoms with van der Waals surface area (Å²) in [5.74, 6) is -0.348. The van der Waals surface area contributed by atoms with E-state index in [1.54, 1.807) is 19.2 Å². The number of nitrogens with zero attached hydrogens (tertiary/aromatic N) is 5. The van der Waals surface area contributed by atoms with Gasteiger partial charge in [-0.2, -0.15) is 13.2 Å². The SMILES string of the molecule is CN(CCC(F)(F)F)C(=O)OCc1c(-c2ccc(O[C@H]3CCC[C@H](C(=O)O)C3)c(C3CC3)n2)nnn1C. The van der Waals surface area contributed by atoms with Crippen LogP contribution in [0.4, 0.5) is 18.0 Å². The van der Waals surface area contributed by atoms with Gasteiger partial charge in [-0.25, -0.2) is 14.5 Å². The molecule has 37 heavy (non-hydrogen) atoms. The first kappa shape index (κ1) is 26.7. The van der Waals surface area contributed by atoms with Gasteiger partial charge in [0.15, 0.2) is 0 Å². The highest BCUT2D eigenvalue weighted by molar-refractivity contribution is 5.70. The maximum absolute atomic E-state index is 12.4. The molecule has 0 aromatic carbocycles. The van der Waals surface area contributed by atoms with E-state index >= 15 is 0 Å². The molecule has 2 aliphatic carbocycles. The van der Waals surface area contributed by atoms with Crippen molar-refractivity contribution in [3.8, 4) is 17.1 Å². The van der Waals surface area contributed by atoms with E-state index in [1.165, 1.54) is 11.7 Å². The molecule has 202 valence electrons. The van der Waals surface area contributed by atoms with Crippen LogP contribution in [0.1, 0.15) is 62.3 Å². The van der Waals surface area contributed by atoms with E-state index in [-0.39, 0.29) is 18.6 Å². The summed E-state index contributed by atoms with van der Waals surface area (Å²) < 4.78 is 50.2. The number of halogens is 3. The number of rotatable bonds is 9. The number of carbonyl (C=O) groups is 2. The largest absolute Gasteiger partial charge is 0.488 e. The molecule has 0 bridgehead atoms. The minimum atomic E-state index is -4.37. The van der Waals surface area contributed by atoms with Crippen LogP contribution in [0.2, 0.25) is 0 Å². The predicted molar refractivity (Wildman–Crippen MR) is 124 cm³/mol. The molecule has 2 fully saturated rings. The Kier molecular flexibility index (Phi) is 7.88. The van der Waals surface area contributed by atoms with Crippen LogP contribution in [0.15, 0.2) is 12.1 Å². The average Bonchev–Trinajstić information content (AvgIpc) is 3.63. The monoisotopic (exact) mass is 525 g/mol. The number of carboxylic acids is 1. The Bertz CT molecular complexity index is 1130. The lowest BCUT2D eigenvalue weighted by Crippen LogP contribution is -2.31. The average molecular weight is 526 g/mol. The van der Waals surface area contributed by atoms with E-state index in [2.05, 4.69) is 10.3 Å². The lowest BCUT2D eigenvalue weighted by molar-refractivity contribution is -0.144. The number of aliphatic carboxylic acids is 1. The topological polar surface area (TPSA) is 120 Å². The van der Waals surface area contributed by atoms with Gasteiger partial charge in [-0.1, -0.05) is 5.21 Å². The van der Waals surface area contributed by atoms with Crippen molar-refractivity contribution in [2.45, 2.75) is 69.8 Å². The zero-order valence-electron chi connectivity index (χ0n) is 20.7. The molecule has 0 unspecified atom stereocenters. The third kappa shape index (κ3) is 6.89. The second-order valence-corrected chi connectivity index (χ2v) is 9.65. The fourth-order valence-electron chi connectivity index (χ4n) is 4.36. The summed E-state index contributed by atoms with van der Waals surface area (Å²) in [5, 5.41) is 17.5. The molecular formula is C24H30F3N5O5. The van der Waals surface area contributed by atoms with Crippen molar-refractivity contribution in [3.05, 3.63) is 23.5 Å². The Labute approximate surface area is 211 Å². The molecule has 2 atom stereocenters. The number of pyridine rings is 1. The minimum absolute atomic E-state index is 0.194. The van der Waals surface area contributed by atoms with Gasteiger partial charge in [-0.15, -0.1) is 5.10 Å². The first-order valence-corrected chi connectivity index (χ1v) is 12.3. The van der Waals surface area contributed by atoms with Gasteiger partial charge in [0.2, 0.25) is 0 Å². The van der Waals surface area contributed by atoms with Gasteiger partial charge in [-0.3, -0.25) is 4.79 Å². The molecule has 0 aliphatic heterocycles. The molecule has 1 amide bonds. The number of aryl methyl sites for hydroxylation is 1. The molecule has 10 nitrogen and oxygen atoms in total. The maximum atomic E-state index is 12.4. The van der Waals surface area contributed by atoms with Crippen molar-refractivity contribution in [2.24, 2.45) is 13.0 Å². The van der Waals surface area contributed by atoms with Crippen molar-refractivity contribution >= 4 is 12.1 Å². The van der Waals surface area contributed by atoms with Crippen LogP contribution in [-0.4, -0.2) is 67.9 Å². The smallest absolute Gasteiger partial charge is 0.409 e. The Balaban J connectivity index is 1.47. The minimum Gasteiger partial charge on any atom is -0.488 e. The molecule has 0 saturated heterocycles. The van der Waals surface area contributed by atoms with Gasteiger partial charge in [0.05, 0.1) is 29.8 Å². The summed E-state index contributed by atoms with van der Waals surface area (Å²) >= 11 is 0. The van der Waals surface area contributed by atoms with E-state index in [1.807, 2.05) is 0 Å². The number of hydrogen-bond acceptors (Lipinski definition) is 7. The molecule has 0 spiro atoms. The Hall–Kier alpha value is -3.38. The van der Waals surface area contributed by atoms with Crippen molar-refractivity contribution in [1.29, 1.82) is 0 Å². The first-order chi connectivity index (χ1) is 17.5. The Morgan fingerprint density at radius 3 is 2.65 bits per heavy atom. The molecule has 2 saturated carbocycles. The highest BCUT2D eigenvalue weighted by Crippen LogP contribution is 2.45. The van der Waals surface area contributed by atoms with Crippen molar-refractivity contribution in [3.63, 3.8) is 0 Å². The zero-order valence-corrected chi connectivity index (χ0v) is 20.7. The van der Waals surface area contributed by atoms with Crippen LogP contribution in [0.25, 0.3) is 11.4 Å². The van der Waals surface area contributed by atoms with Gasteiger partial charge in [0, 0.05) is 26.6 Å². The van der Waals surface area contributed by atoms with Gasteiger partial charge in [-0.05, 0) is 50.7 Å². The number of carbonyl (C=O) groups excluding carboxylic acids is 1. The predicted octanol–water partition coefficient (Wildman–Crippen LogP) is 4.30. The van der Waals surface area contributed by atoms with Crippen LogP contribution >= 0.6 is 0 Å². The summed E-state index contributed by atoms with van der Waals surface area (Å²) in [7, 11) is 2.86. The lowest BCUT2D eigenvalue weighted by Gasteiger charge is -2.28. The fourth-order valence-corrected chi connectivity index (χ4v) is 4.36. The third-order valence-corrected chi connectivity index (χ3v) is 6.68. The molecule has 1 N–H and O–H groups in total. The van der Waals surface area contributed by atoms with E-state index < -0.39 is 37.1 Å². The van der Waals surface area contributed by atoms with Crippen LogP contribution in [-0.2, 0) is 23.2 Å². The number of aromatic nitrogens is 4. The Morgan fingerprint density at radius 1 is 1.22 bits per heavy atom. The van der Waals surface area contributed by atoms with Crippen molar-refractivity contribution in [1.82, 2.24) is 24.9 Å². The van der Waals surface area contributed by atoms with E-state index in [0.717, 1.165) is 36.3 Å². The molecule has 4 rings (SSSR count). The molecule has 2 heterocycles. The number of hydrogen-bond donors (Lipinski definition) is 1. The molecule has 2 aromatic rings. The Morgan fingerprint density at radius 2 is 1.97 bits per heavy atom. The second kappa shape index (κ2) is 10.9. The molecular weight excluding hydrogens is 495 g/mol. The lowest BCUT2D eigenvalue weighted by atomic mass is 9.87. The summed E-state index contributed by atoms with van der Waals surface area (Å²) in [6.07, 6.45) is -1.97. The van der Waals surface area contributed by atoms with Crippen LogP contribution in [0.5, 0.6) is 5.75 Å². The zero-order chi connectivity index (χ0) is 26.7. The van der Waals surface area contributed by atoms with Crippen LogP contribution in [0.3, 0.4) is 0 Å². The van der Waals surface area contributed by atoms with Crippen LogP contribution in [0, 0.1) is 5.92 Å². The van der Waals surface area contributed by atoms with E-state index in [9.17, 15) is 27.9 Å². The summed E-state index contributed by atoms with van der Waals surface area (Å²) in [6, 6.07) is 3.53. The van der Waals surface area contributed by atoms with Gasteiger partial charge in [0.25, 0.3) is 0 Å². The highest BCUT2D eigenvalue weighted by Gasteiger charge is 2.33. The fraction of sp³-hybridized carbons (Fsp3) is 0.625. The molecule has 0 radical (unpaired) electrons. The second-order valence-electron chi connectivity index (χ2n) is 9.65. The molecule has 13 heteroatoms. The third-order valence-electron chi connectivity index (χ3n) is 6.68. The number of ether oxygens (including phenoxy) is 2. The maximum Gasteiger partial charge on any atom is 0.409 e. The van der Waals surface area contributed by atoms with Gasteiger partial charge in [0.1, 0.15) is 23.7 Å². The van der Waals surface area contributed by atoms with E-state index in [0.29, 0.717) is 35.7 Å².